The number of pyridine rings is 1. The highest BCUT2D eigenvalue weighted by Crippen LogP contribution is 2.45. The molecule has 2 saturated heterocycles. The van der Waals surface area contributed by atoms with Gasteiger partial charge < -0.3 is 20.1 Å². The fourth-order valence-electron chi connectivity index (χ4n) is 4.46. The Labute approximate surface area is 206 Å². The molecule has 0 saturated carbocycles. The number of carboxylic acid groups (broad SMARTS) is 1. The number of carboxylic acids is 1. The number of alkyl halides is 3. The van der Waals surface area contributed by atoms with Gasteiger partial charge in [0.15, 0.2) is 0 Å². The van der Waals surface area contributed by atoms with Gasteiger partial charge in [0.05, 0.1) is 24.2 Å². The second-order valence-corrected chi connectivity index (χ2v) is 9.00. The van der Waals surface area contributed by atoms with E-state index in [9.17, 15) is 22.8 Å². The summed E-state index contributed by atoms with van der Waals surface area (Å²) in [7, 11) is 0. The highest BCUT2D eigenvalue weighted by molar-refractivity contribution is 5.94. The standard InChI is InChI=1S/C23H27N3O3.C2HF3O2/c1-17-4-6-18(7-5-17)13-21(27)26-15-20(23(16-26)8-11-29-12-9-23)22(28)25-19-3-2-10-24-14-19;3-2(4,5)1(6)7/h2-7,10,14,20H,8-9,11-13,15-16H2,1H3,(H,25,28);(H,6,7). The van der Waals surface area contributed by atoms with Crippen molar-refractivity contribution in [1.82, 2.24) is 9.88 Å². The quantitative estimate of drug-likeness (QED) is 0.656. The van der Waals surface area contributed by atoms with Crippen molar-refractivity contribution >= 4 is 23.5 Å². The van der Waals surface area contributed by atoms with Crippen molar-refractivity contribution in [2.45, 2.75) is 32.4 Å². The van der Waals surface area contributed by atoms with Crippen LogP contribution in [-0.4, -0.2) is 65.3 Å². The number of hydrogen-bond acceptors (Lipinski definition) is 5. The Bertz CT molecular complexity index is 1050. The number of nitrogens with one attached hydrogen (secondary N) is 1. The lowest BCUT2D eigenvalue weighted by Gasteiger charge is -2.37. The van der Waals surface area contributed by atoms with Gasteiger partial charge in [0.2, 0.25) is 11.8 Å². The fraction of sp³-hybridized carbons (Fsp3) is 0.440. The molecule has 2 aromatic rings. The summed E-state index contributed by atoms with van der Waals surface area (Å²) in [6.45, 7) is 4.38. The summed E-state index contributed by atoms with van der Waals surface area (Å²) < 4.78 is 37.3. The van der Waals surface area contributed by atoms with Crippen LogP contribution in [0.5, 0.6) is 0 Å². The van der Waals surface area contributed by atoms with E-state index in [4.69, 9.17) is 14.6 Å². The van der Waals surface area contributed by atoms with Crippen molar-refractivity contribution in [3.8, 4) is 0 Å². The number of amides is 2. The fourth-order valence-corrected chi connectivity index (χ4v) is 4.46. The van der Waals surface area contributed by atoms with Crippen LogP contribution in [0.1, 0.15) is 24.0 Å². The first-order valence-electron chi connectivity index (χ1n) is 11.4. The van der Waals surface area contributed by atoms with Crippen LogP contribution in [0.25, 0.3) is 0 Å². The molecule has 1 atom stereocenters. The number of nitrogens with zero attached hydrogens (tertiary/aromatic N) is 2. The lowest BCUT2D eigenvalue weighted by molar-refractivity contribution is -0.192. The summed E-state index contributed by atoms with van der Waals surface area (Å²) in [5, 5.41) is 10.1. The molecule has 1 aromatic heterocycles. The second-order valence-electron chi connectivity index (χ2n) is 9.00. The maximum atomic E-state index is 13.1. The average Bonchev–Trinajstić information content (AvgIpc) is 3.20. The number of aryl methyl sites for hydroxylation is 1. The van der Waals surface area contributed by atoms with Crippen molar-refractivity contribution in [2.24, 2.45) is 11.3 Å². The van der Waals surface area contributed by atoms with Gasteiger partial charge in [-0.25, -0.2) is 4.79 Å². The summed E-state index contributed by atoms with van der Waals surface area (Å²) in [5.41, 5.74) is 2.65. The van der Waals surface area contributed by atoms with E-state index in [1.807, 2.05) is 42.2 Å². The van der Waals surface area contributed by atoms with Gasteiger partial charge in [-0.3, -0.25) is 14.6 Å². The number of aromatic nitrogens is 1. The molecule has 0 radical (unpaired) electrons. The summed E-state index contributed by atoms with van der Waals surface area (Å²) in [6, 6.07) is 11.7. The Morgan fingerprint density at radius 2 is 1.81 bits per heavy atom. The molecular weight excluding hydrogens is 479 g/mol. The highest BCUT2D eigenvalue weighted by atomic mass is 19.4. The maximum Gasteiger partial charge on any atom is 0.490 e. The number of anilines is 1. The second kappa shape index (κ2) is 11.5. The van der Waals surface area contributed by atoms with Gasteiger partial charge >= 0.3 is 12.1 Å². The SMILES string of the molecule is Cc1ccc(CC(=O)N2CC(C(=O)Nc3cccnc3)C3(CCOCC3)C2)cc1.O=C(O)C(F)(F)F. The van der Waals surface area contributed by atoms with E-state index in [0.717, 1.165) is 18.4 Å². The third-order valence-corrected chi connectivity index (χ3v) is 6.45. The van der Waals surface area contributed by atoms with E-state index in [1.165, 1.54) is 5.56 Å². The average molecular weight is 508 g/mol. The van der Waals surface area contributed by atoms with Crippen molar-refractivity contribution in [2.75, 3.05) is 31.6 Å². The van der Waals surface area contributed by atoms with Gasteiger partial charge in [-0.1, -0.05) is 29.8 Å². The molecule has 36 heavy (non-hydrogen) atoms. The van der Waals surface area contributed by atoms with Crippen LogP contribution >= 0.6 is 0 Å². The Morgan fingerprint density at radius 1 is 1.17 bits per heavy atom. The van der Waals surface area contributed by atoms with Gasteiger partial charge in [0.1, 0.15) is 0 Å². The Balaban J connectivity index is 0.000000454. The smallest absolute Gasteiger partial charge is 0.475 e. The zero-order valence-electron chi connectivity index (χ0n) is 19.8. The number of ether oxygens (including phenoxy) is 1. The van der Waals surface area contributed by atoms with Gasteiger partial charge in [-0.2, -0.15) is 13.2 Å². The molecule has 11 heteroatoms. The first-order chi connectivity index (χ1) is 17.0. The first kappa shape index (κ1) is 27.1. The minimum Gasteiger partial charge on any atom is -0.475 e. The van der Waals surface area contributed by atoms with E-state index in [-0.39, 0.29) is 23.1 Å². The first-order valence-corrected chi connectivity index (χ1v) is 11.4. The highest BCUT2D eigenvalue weighted by Gasteiger charge is 2.51. The number of benzene rings is 1. The topological polar surface area (TPSA) is 109 Å². The number of carbonyl (C=O) groups is 3. The number of likely N-dealkylation sites (tertiary alicyclic amines) is 1. The number of rotatable bonds is 4. The predicted molar refractivity (Wildman–Crippen MR) is 124 cm³/mol. The zero-order valence-corrected chi connectivity index (χ0v) is 19.8. The molecule has 1 unspecified atom stereocenters. The molecule has 2 N–H and O–H groups in total. The summed E-state index contributed by atoms with van der Waals surface area (Å²) >= 11 is 0. The van der Waals surface area contributed by atoms with Crippen LogP contribution in [0, 0.1) is 18.3 Å². The molecule has 4 rings (SSSR count). The largest absolute Gasteiger partial charge is 0.490 e. The van der Waals surface area contributed by atoms with Gasteiger partial charge in [0.25, 0.3) is 0 Å². The van der Waals surface area contributed by atoms with Crippen molar-refractivity contribution in [1.29, 1.82) is 0 Å². The van der Waals surface area contributed by atoms with Crippen LogP contribution in [0.2, 0.25) is 0 Å². The van der Waals surface area contributed by atoms with E-state index < -0.39 is 12.1 Å². The normalized spacial score (nSPS) is 18.8. The predicted octanol–water partition coefficient (Wildman–Crippen LogP) is 3.46. The zero-order chi connectivity index (χ0) is 26.3. The Kier molecular flexibility index (Phi) is 8.67. The molecule has 2 aliphatic heterocycles. The van der Waals surface area contributed by atoms with Gasteiger partial charge in [-0.05, 0) is 37.5 Å². The van der Waals surface area contributed by atoms with Gasteiger partial charge in [-0.15, -0.1) is 0 Å². The lowest BCUT2D eigenvalue weighted by atomic mass is 9.71. The summed E-state index contributed by atoms with van der Waals surface area (Å²) in [4.78, 5) is 41.0. The van der Waals surface area contributed by atoms with Crippen LogP contribution < -0.4 is 5.32 Å². The van der Waals surface area contributed by atoms with Crippen LogP contribution in [0.3, 0.4) is 0 Å². The number of halogens is 3. The third-order valence-electron chi connectivity index (χ3n) is 6.45. The minimum atomic E-state index is -5.08. The van der Waals surface area contributed by atoms with Crippen LogP contribution in [0.15, 0.2) is 48.8 Å². The molecule has 2 amide bonds. The molecule has 8 nitrogen and oxygen atoms in total. The van der Waals surface area contributed by atoms with Crippen molar-refractivity contribution in [3.05, 3.63) is 59.9 Å². The molecule has 1 spiro atoms. The van der Waals surface area contributed by atoms with Crippen LogP contribution in [0.4, 0.5) is 18.9 Å². The molecule has 3 heterocycles. The van der Waals surface area contributed by atoms with E-state index in [1.54, 1.807) is 18.5 Å². The molecule has 194 valence electrons. The summed E-state index contributed by atoms with van der Waals surface area (Å²) in [5.74, 6) is -2.96. The summed E-state index contributed by atoms with van der Waals surface area (Å²) in [6.07, 6.45) is 0.198. The molecule has 1 aromatic carbocycles. The number of carbonyl (C=O) groups excluding carboxylic acids is 2. The number of hydrogen-bond donors (Lipinski definition) is 2. The Morgan fingerprint density at radius 3 is 2.36 bits per heavy atom. The van der Waals surface area contributed by atoms with Crippen molar-refractivity contribution < 1.29 is 37.4 Å². The molecule has 2 aliphatic rings. The maximum absolute atomic E-state index is 13.1. The van der Waals surface area contributed by atoms with E-state index in [0.29, 0.717) is 38.4 Å². The third kappa shape index (κ3) is 7.03. The molecule has 0 bridgehead atoms. The molecule has 0 aliphatic carbocycles. The Hall–Kier alpha value is -3.47. The molecule has 2 fully saturated rings. The minimum absolute atomic E-state index is 0.0365. The van der Waals surface area contributed by atoms with Gasteiger partial charge in [0, 0.05) is 37.9 Å². The monoisotopic (exact) mass is 507 g/mol. The van der Waals surface area contributed by atoms with E-state index >= 15 is 0 Å². The number of aliphatic carboxylic acids is 1. The van der Waals surface area contributed by atoms with Crippen LogP contribution in [-0.2, 0) is 25.5 Å². The van der Waals surface area contributed by atoms with E-state index in [2.05, 4.69) is 10.3 Å². The van der Waals surface area contributed by atoms with Crippen molar-refractivity contribution in [3.63, 3.8) is 0 Å². The molecular formula is C25H28F3N3O5. The lowest BCUT2D eigenvalue weighted by Crippen LogP contribution is -2.42.